The predicted octanol–water partition coefficient (Wildman–Crippen LogP) is 1.40. The summed E-state index contributed by atoms with van der Waals surface area (Å²) >= 11 is 0. The van der Waals surface area contributed by atoms with Crippen LogP contribution in [0.4, 0.5) is 0 Å². The molecular formula is C14H22N2O2. The number of hydrogen-bond acceptors (Lipinski definition) is 2. The maximum atomic E-state index is 12.6. The average Bonchev–Trinajstić information content (AvgIpc) is 3.20. The van der Waals surface area contributed by atoms with Crippen LogP contribution in [0.5, 0.6) is 0 Å². The molecule has 3 fully saturated rings. The van der Waals surface area contributed by atoms with E-state index in [4.69, 9.17) is 0 Å². The highest BCUT2D eigenvalue weighted by Crippen LogP contribution is 2.34. The van der Waals surface area contributed by atoms with Crippen LogP contribution in [-0.2, 0) is 9.59 Å². The first-order valence-electron chi connectivity index (χ1n) is 7.33. The van der Waals surface area contributed by atoms with Gasteiger partial charge in [-0.25, -0.2) is 0 Å². The molecule has 2 amide bonds. The topological polar surface area (TPSA) is 40.6 Å². The number of hydrogen-bond donors (Lipinski definition) is 0. The molecule has 2 heterocycles. The summed E-state index contributed by atoms with van der Waals surface area (Å²) in [6, 6.07) is -0.333. The summed E-state index contributed by atoms with van der Waals surface area (Å²) in [6.45, 7) is 3.61. The third kappa shape index (κ3) is 1.91. The highest BCUT2D eigenvalue weighted by atomic mass is 16.2. The van der Waals surface area contributed by atoms with E-state index in [2.05, 4.69) is 0 Å². The van der Waals surface area contributed by atoms with Gasteiger partial charge in [0.15, 0.2) is 0 Å². The van der Waals surface area contributed by atoms with E-state index < -0.39 is 0 Å². The SMILES string of the molecule is CCC1C(=O)N2CCCCC2C(=O)N1CC1CC1. The Bertz CT molecular complexity index is 365. The van der Waals surface area contributed by atoms with Crippen molar-refractivity contribution in [2.45, 2.75) is 57.5 Å². The summed E-state index contributed by atoms with van der Waals surface area (Å²) in [7, 11) is 0. The summed E-state index contributed by atoms with van der Waals surface area (Å²) in [5.74, 6) is 1.07. The predicted molar refractivity (Wildman–Crippen MR) is 67.9 cm³/mol. The minimum Gasteiger partial charge on any atom is -0.329 e. The van der Waals surface area contributed by atoms with Crippen molar-refractivity contribution in [2.24, 2.45) is 5.92 Å². The summed E-state index contributed by atoms with van der Waals surface area (Å²) in [4.78, 5) is 28.8. The molecule has 2 saturated heterocycles. The monoisotopic (exact) mass is 250 g/mol. The van der Waals surface area contributed by atoms with Crippen molar-refractivity contribution in [3.05, 3.63) is 0 Å². The van der Waals surface area contributed by atoms with Crippen molar-refractivity contribution in [1.82, 2.24) is 9.80 Å². The highest BCUT2D eigenvalue weighted by molar-refractivity contribution is 5.97. The molecule has 18 heavy (non-hydrogen) atoms. The fourth-order valence-electron chi connectivity index (χ4n) is 3.31. The highest BCUT2D eigenvalue weighted by Gasteiger charge is 2.46. The third-order valence-corrected chi connectivity index (χ3v) is 4.55. The van der Waals surface area contributed by atoms with Crippen molar-refractivity contribution >= 4 is 11.8 Å². The van der Waals surface area contributed by atoms with Crippen molar-refractivity contribution in [2.75, 3.05) is 13.1 Å². The largest absolute Gasteiger partial charge is 0.329 e. The van der Waals surface area contributed by atoms with Crippen molar-refractivity contribution in [3.8, 4) is 0 Å². The van der Waals surface area contributed by atoms with Gasteiger partial charge in [0.05, 0.1) is 0 Å². The molecular weight excluding hydrogens is 228 g/mol. The zero-order valence-corrected chi connectivity index (χ0v) is 11.1. The number of carbonyl (C=O) groups is 2. The Kier molecular flexibility index (Phi) is 3.04. The minimum absolute atomic E-state index is 0.146. The first kappa shape index (κ1) is 12.0. The molecule has 0 aromatic carbocycles. The van der Waals surface area contributed by atoms with Gasteiger partial charge in [0, 0.05) is 13.1 Å². The van der Waals surface area contributed by atoms with Gasteiger partial charge >= 0.3 is 0 Å². The molecule has 0 bridgehead atoms. The van der Waals surface area contributed by atoms with Crippen LogP contribution in [-0.4, -0.2) is 46.8 Å². The molecule has 0 N–H and O–H groups in total. The van der Waals surface area contributed by atoms with Crippen molar-refractivity contribution in [3.63, 3.8) is 0 Å². The molecule has 2 unspecified atom stereocenters. The normalized spacial score (nSPS) is 32.7. The Hall–Kier alpha value is -1.06. The second kappa shape index (κ2) is 4.56. The molecule has 4 heteroatoms. The van der Waals surface area contributed by atoms with Gasteiger partial charge in [0.25, 0.3) is 0 Å². The lowest BCUT2D eigenvalue weighted by molar-refractivity contribution is -0.164. The minimum atomic E-state index is -0.188. The number of fused-ring (bicyclic) bond motifs is 1. The fraction of sp³-hybridized carbons (Fsp3) is 0.857. The van der Waals surface area contributed by atoms with Crippen LogP contribution in [0.3, 0.4) is 0 Å². The van der Waals surface area contributed by atoms with Crippen LogP contribution in [0.2, 0.25) is 0 Å². The quantitative estimate of drug-likeness (QED) is 0.759. The van der Waals surface area contributed by atoms with E-state index in [9.17, 15) is 9.59 Å². The number of nitrogens with zero attached hydrogens (tertiary/aromatic N) is 2. The zero-order chi connectivity index (χ0) is 12.7. The first-order chi connectivity index (χ1) is 8.72. The molecule has 100 valence electrons. The number of piperazine rings is 1. The van der Waals surface area contributed by atoms with Gasteiger partial charge in [0.2, 0.25) is 11.8 Å². The Morgan fingerprint density at radius 1 is 1.11 bits per heavy atom. The maximum absolute atomic E-state index is 12.6. The van der Waals surface area contributed by atoms with Crippen LogP contribution in [0.1, 0.15) is 45.4 Å². The molecule has 0 radical (unpaired) electrons. The Morgan fingerprint density at radius 3 is 2.56 bits per heavy atom. The van der Waals surface area contributed by atoms with E-state index in [1.54, 1.807) is 0 Å². The van der Waals surface area contributed by atoms with Crippen LogP contribution < -0.4 is 0 Å². The number of amides is 2. The summed E-state index contributed by atoms with van der Waals surface area (Å²) < 4.78 is 0. The van der Waals surface area contributed by atoms with Gasteiger partial charge < -0.3 is 9.80 Å². The molecule has 2 atom stereocenters. The lowest BCUT2D eigenvalue weighted by atomic mass is 9.94. The van der Waals surface area contributed by atoms with Crippen molar-refractivity contribution in [1.29, 1.82) is 0 Å². The molecule has 0 aromatic rings. The fourth-order valence-corrected chi connectivity index (χ4v) is 3.31. The van der Waals surface area contributed by atoms with Gasteiger partial charge in [-0.3, -0.25) is 9.59 Å². The van der Waals surface area contributed by atoms with Crippen molar-refractivity contribution < 1.29 is 9.59 Å². The summed E-state index contributed by atoms with van der Waals surface area (Å²) in [6.07, 6.45) is 6.19. The molecule has 2 aliphatic heterocycles. The molecule has 3 aliphatic rings. The standard InChI is InChI=1S/C14H22N2O2/c1-2-11-13(17)15-8-4-3-5-12(15)14(18)16(11)9-10-6-7-10/h10-12H,2-9H2,1H3. The van der Waals surface area contributed by atoms with E-state index >= 15 is 0 Å². The maximum Gasteiger partial charge on any atom is 0.246 e. The van der Waals surface area contributed by atoms with Gasteiger partial charge in [-0.2, -0.15) is 0 Å². The van der Waals surface area contributed by atoms with E-state index in [1.807, 2.05) is 16.7 Å². The molecule has 3 rings (SSSR count). The van der Waals surface area contributed by atoms with E-state index in [1.165, 1.54) is 12.8 Å². The second-order valence-corrected chi connectivity index (χ2v) is 5.90. The first-order valence-corrected chi connectivity index (χ1v) is 7.33. The molecule has 0 spiro atoms. The summed E-state index contributed by atoms with van der Waals surface area (Å²) in [5.41, 5.74) is 0. The van der Waals surface area contributed by atoms with Gasteiger partial charge in [-0.1, -0.05) is 6.92 Å². The second-order valence-electron chi connectivity index (χ2n) is 5.90. The lowest BCUT2D eigenvalue weighted by Crippen LogP contribution is -2.65. The molecule has 4 nitrogen and oxygen atoms in total. The zero-order valence-electron chi connectivity index (χ0n) is 11.1. The average molecular weight is 250 g/mol. The van der Waals surface area contributed by atoms with Gasteiger partial charge in [0.1, 0.15) is 12.1 Å². The smallest absolute Gasteiger partial charge is 0.246 e. The Balaban J connectivity index is 1.83. The van der Waals surface area contributed by atoms with Gasteiger partial charge in [-0.15, -0.1) is 0 Å². The molecule has 0 aromatic heterocycles. The summed E-state index contributed by atoms with van der Waals surface area (Å²) in [5, 5.41) is 0. The van der Waals surface area contributed by atoms with Crippen LogP contribution in [0.25, 0.3) is 0 Å². The van der Waals surface area contributed by atoms with Crippen LogP contribution in [0.15, 0.2) is 0 Å². The Labute approximate surface area is 108 Å². The van der Waals surface area contributed by atoms with E-state index in [0.717, 1.165) is 38.8 Å². The lowest BCUT2D eigenvalue weighted by Gasteiger charge is -2.47. The van der Waals surface area contributed by atoms with Crippen LogP contribution in [0, 0.1) is 5.92 Å². The van der Waals surface area contributed by atoms with E-state index in [-0.39, 0.29) is 23.9 Å². The third-order valence-electron chi connectivity index (χ3n) is 4.55. The molecule has 1 saturated carbocycles. The van der Waals surface area contributed by atoms with Gasteiger partial charge in [-0.05, 0) is 44.4 Å². The van der Waals surface area contributed by atoms with E-state index in [0.29, 0.717) is 5.92 Å². The number of piperidine rings is 1. The molecule has 1 aliphatic carbocycles. The number of rotatable bonds is 3. The number of carbonyl (C=O) groups excluding carboxylic acids is 2. The Morgan fingerprint density at radius 2 is 1.89 bits per heavy atom. The van der Waals surface area contributed by atoms with Crippen LogP contribution >= 0.6 is 0 Å².